The van der Waals surface area contributed by atoms with Gasteiger partial charge in [-0.1, -0.05) is 41.9 Å². The van der Waals surface area contributed by atoms with Gasteiger partial charge < -0.3 is 15.3 Å². The van der Waals surface area contributed by atoms with E-state index < -0.39 is 0 Å². The van der Waals surface area contributed by atoms with Crippen molar-refractivity contribution in [3.8, 4) is 28.2 Å². The number of benzene rings is 2. The Kier molecular flexibility index (Phi) is 3.59. The minimum Gasteiger partial charge on any atom is -0.504 e. The molecule has 0 aliphatic heterocycles. The quantitative estimate of drug-likeness (QED) is 0.686. The van der Waals surface area contributed by atoms with Crippen molar-refractivity contribution in [1.82, 2.24) is 0 Å². The molecule has 0 radical (unpaired) electrons. The van der Waals surface area contributed by atoms with Gasteiger partial charge in [0.2, 0.25) is 5.88 Å². The molecule has 0 aliphatic carbocycles. The van der Waals surface area contributed by atoms with Gasteiger partial charge in [-0.15, -0.1) is 0 Å². The summed E-state index contributed by atoms with van der Waals surface area (Å²) < 4.78 is 5.60. The summed E-state index contributed by atoms with van der Waals surface area (Å²) in [6.45, 7) is 4.01. The molecule has 1 heterocycles. The fourth-order valence-electron chi connectivity index (χ4n) is 2.55. The zero-order valence-electron chi connectivity index (χ0n) is 12.4. The van der Waals surface area contributed by atoms with E-state index in [4.69, 9.17) is 21.8 Å². The number of anilines is 1. The number of hydrogen-bond acceptors (Lipinski definition) is 3. The van der Waals surface area contributed by atoms with Crippen LogP contribution in [0.15, 0.2) is 46.9 Å². The van der Waals surface area contributed by atoms with Gasteiger partial charge in [-0.05, 0) is 42.7 Å². The zero-order valence-corrected chi connectivity index (χ0v) is 13.1. The maximum Gasteiger partial charge on any atom is 0.202 e. The number of nitrogen functional groups attached to an aromatic ring is 1. The minimum atomic E-state index is 0.0356. The first-order valence-electron chi connectivity index (χ1n) is 6.92. The van der Waals surface area contributed by atoms with Crippen LogP contribution in [-0.2, 0) is 0 Å². The number of nitrogens with two attached hydrogens (primary N) is 1. The number of furan rings is 1. The monoisotopic (exact) mass is 313 g/mol. The highest BCUT2D eigenvalue weighted by molar-refractivity contribution is 6.30. The third-order valence-corrected chi connectivity index (χ3v) is 4.11. The molecule has 0 saturated heterocycles. The highest BCUT2D eigenvalue weighted by atomic mass is 35.5. The molecular weight excluding hydrogens is 298 g/mol. The SMILES string of the molecule is Cc1cccc(-c2c(N)oc(-c3cccc(Cl)c3)c2O)c1C. The number of rotatable bonds is 2. The Bertz CT molecular complexity index is 852. The zero-order chi connectivity index (χ0) is 15.9. The van der Waals surface area contributed by atoms with Gasteiger partial charge in [0.15, 0.2) is 11.5 Å². The van der Waals surface area contributed by atoms with Crippen LogP contribution in [0.2, 0.25) is 5.02 Å². The topological polar surface area (TPSA) is 59.4 Å². The number of hydrogen-bond donors (Lipinski definition) is 2. The second kappa shape index (κ2) is 5.43. The van der Waals surface area contributed by atoms with Crippen LogP contribution in [0.4, 0.5) is 5.88 Å². The predicted molar refractivity (Wildman–Crippen MR) is 90.1 cm³/mol. The van der Waals surface area contributed by atoms with E-state index in [1.54, 1.807) is 18.2 Å². The smallest absolute Gasteiger partial charge is 0.202 e. The summed E-state index contributed by atoms with van der Waals surface area (Å²) >= 11 is 6.00. The first kappa shape index (κ1) is 14.5. The van der Waals surface area contributed by atoms with Crippen LogP contribution in [0.25, 0.3) is 22.5 Å². The first-order valence-corrected chi connectivity index (χ1v) is 7.30. The lowest BCUT2D eigenvalue weighted by atomic mass is 9.97. The van der Waals surface area contributed by atoms with E-state index in [0.717, 1.165) is 16.7 Å². The summed E-state index contributed by atoms with van der Waals surface area (Å²) in [6, 6.07) is 13.0. The van der Waals surface area contributed by atoms with Gasteiger partial charge in [0.05, 0.1) is 5.56 Å². The normalized spacial score (nSPS) is 10.9. The molecule has 0 unspecified atom stereocenters. The second-order valence-corrected chi connectivity index (χ2v) is 5.71. The van der Waals surface area contributed by atoms with Crippen molar-refractivity contribution >= 4 is 17.5 Å². The van der Waals surface area contributed by atoms with Gasteiger partial charge in [-0.25, -0.2) is 0 Å². The maximum atomic E-state index is 10.6. The van der Waals surface area contributed by atoms with Crippen LogP contribution < -0.4 is 5.73 Å². The van der Waals surface area contributed by atoms with Crippen molar-refractivity contribution in [3.05, 3.63) is 58.6 Å². The summed E-state index contributed by atoms with van der Waals surface area (Å²) in [4.78, 5) is 0. The van der Waals surface area contributed by atoms with Gasteiger partial charge >= 0.3 is 0 Å². The molecule has 0 fully saturated rings. The lowest BCUT2D eigenvalue weighted by molar-refractivity contribution is 0.467. The van der Waals surface area contributed by atoms with Crippen molar-refractivity contribution in [2.45, 2.75) is 13.8 Å². The van der Waals surface area contributed by atoms with E-state index >= 15 is 0 Å². The van der Waals surface area contributed by atoms with Crippen LogP contribution in [0.3, 0.4) is 0 Å². The van der Waals surface area contributed by atoms with Crippen LogP contribution in [0, 0.1) is 13.8 Å². The van der Waals surface area contributed by atoms with E-state index in [0.29, 0.717) is 21.9 Å². The number of aromatic hydroxyl groups is 1. The average Bonchev–Trinajstić information content (AvgIpc) is 2.77. The van der Waals surface area contributed by atoms with E-state index in [9.17, 15) is 5.11 Å². The Labute approximate surface area is 134 Å². The van der Waals surface area contributed by atoms with Gasteiger partial charge in [0.1, 0.15) is 0 Å². The molecular formula is C18H16ClNO2. The fraction of sp³-hybridized carbons (Fsp3) is 0.111. The second-order valence-electron chi connectivity index (χ2n) is 5.28. The third kappa shape index (κ3) is 2.34. The molecule has 0 saturated carbocycles. The molecule has 0 amide bonds. The first-order chi connectivity index (χ1) is 10.5. The third-order valence-electron chi connectivity index (χ3n) is 3.87. The predicted octanol–water partition coefficient (Wildman–Crippen LogP) is 5.17. The van der Waals surface area contributed by atoms with Crippen molar-refractivity contribution in [2.75, 3.05) is 5.73 Å². The van der Waals surface area contributed by atoms with E-state index in [-0.39, 0.29) is 11.6 Å². The van der Waals surface area contributed by atoms with Gasteiger partial charge in [-0.3, -0.25) is 0 Å². The Hall–Kier alpha value is -2.39. The van der Waals surface area contributed by atoms with E-state index in [2.05, 4.69) is 0 Å². The van der Waals surface area contributed by atoms with Crippen molar-refractivity contribution in [2.24, 2.45) is 0 Å². The largest absolute Gasteiger partial charge is 0.504 e. The van der Waals surface area contributed by atoms with Crippen molar-refractivity contribution < 1.29 is 9.52 Å². The molecule has 0 aliphatic rings. The maximum absolute atomic E-state index is 10.6. The molecule has 3 rings (SSSR count). The highest BCUT2D eigenvalue weighted by Crippen LogP contribution is 2.46. The lowest BCUT2D eigenvalue weighted by Gasteiger charge is -2.07. The molecule has 4 heteroatoms. The Morgan fingerprint density at radius 1 is 1.09 bits per heavy atom. The van der Waals surface area contributed by atoms with Crippen LogP contribution in [0.5, 0.6) is 5.75 Å². The highest BCUT2D eigenvalue weighted by Gasteiger charge is 2.22. The molecule has 112 valence electrons. The molecule has 3 N–H and O–H groups in total. The number of halogens is 1. The summed E-state index contributed by atoms with van der Waals surface area (Å²) in [7, 11) is 0. The fourth-order valence-corrected chi connectivity index (χ4v) is 2.74. The molecule has 0 atom stereocenters. The van der Waals surface area contributed by atoms with Gasteiger partial charge in [-0.2, -0.15) is 0 Å². The summed E-state index contributed by atoms with van der Waals surface area (Å²) in [5.41, 5.74) is 10.3. The Morgan fingerprint density at radius 3 is 2.55 bits per heavy atom. The van der Waals surface area contributed by atoms with E-state index in [1.807, 2.05) is 38.1 Å². The molecule has 3 nitrogen and oxygen atoms in total. The van der Waals surface area contributed by atoms with Crippen molar-refractivity contribution in [1.29, 1.82) is 0 Å². The Balaban J connectivity index is 2.21. The summed E-state index contributed by atoms with van der Waals surface area (Å²) in [5, 5.41) is 11.2. The molecule has 0 bridgehead atoms. The molecule has 1 aromatic heterocycles. The van der Waals surface area contributed by atoms with Crippen LogP contribution >= 0.6 is 11.6 Å². The molecule has 22 heavy (non-hydrogen) atoms. The van der Waals surface area contributed by atoms with Gasteiger partial charge in [0, 0.05) is 10.6 Å². The molecule has 0 spiro atoms. The minimum absolute atomic E-state index is 0.0356. The standard InChI is InChI=1S/C18H16ClNO2/c1-10-5-3-8-14(11(10)2)15-16(21)17(22-18(15)20)12-6-4-7-13(19)9-12/h3-9,21H,20H2,1-2H3. The lowest BCUT2D eigenvalue weighted by Crippen LogP contribution is -1.90. The molecule has 3 aromatic rings. The Morgan fingerprint density at radius 2 is 1.82 bits per heavy atom. The van der Waals surface area contributed by atoms with Crippen LogP contribution in [0.1, 0.15) is 11.1 Å². The molecule has 2 aromatic carbocycles. The van der Waals surface area contributed by atoms with E-state index in [1.165, 1.54) is 0 Å². The summed E-state index contributed by atoms with van der Waals surface area (Å²) in [5.74, 6) is 0.561. The number of aryl methyl sites for hydroxylation is 1. The average molecular weight is 314 g/mol. The van der Waals surface area contributed by atoms with Crippen molar-refractivity contribution in [3.63, 3.8) is 0 Å². The van der Waals surface area contributed by atoms with Gasteiger partial charge in [0.25, 0.3) is 0 Å². The summed E-state index contributed by atoms with van der Waals surface area (Å²) in [6.07, 6.45) is 0. The van der Waals surface area contributed by atoms with Crippen LogP contribution in [-0.4, -0.2) is 5.11 Å².